The maximum absolute atomic E-state index is 12.2. The van der Waals surface area contributed by atoms with Crippen molar-refractivity contribution in [2.24, 2.45) is 0 Å². The Labute approximate surface area is 172 Å². The molecule has 0 aromatic heterocycles. The zero-order valence-corrected chi connectivity index (χ0v) is 17.1. The average molecular weight is 446 g/mol. The first-order chi connectivity index (χ1) is 14.0. The highest BCUT2D eigenvalue weighted by Crippen LogP contribution is 2.28. The van der Waals surface area contributed by atoms with Gasteiger partial charge in [-0.2, -0.15) is 13.2 Å². The van der Waals surface area contributed by atoms with Gasteiger partial charge in [0.15, 0.2) is 11.5 Å². The van der Waals surface area contributed by atoms with Gasteiger partial charge in [0.1, 0.15) is 6.54 Å². The van der Waals surface area contributed by atoms with Crippen molar-refractivity contribution in [2.75, 3.05) is 26.1 Å². The lowest BCUT2D eigenvalue weighted by atomic mass is 10.1. The molecule has 0 fully saturated rings. The topological polar surface area (TPSA) is 93.7 Å². The van der Waals surface area contributed by atoms with Gasteiger partial charge < -0.3 is 14.8 Å². The lowest BCUT2D eigenvalue weighted by molar-refractivity contribution is -0.121. The van der Waals surface area contributed by atoms with Crippen LogP contribution >= 0.6 is 0 Å². The number of hydrogen-bond acceptors (Lipinski definition) is 5. The molecule has 0 bridgehead atoms. The molecule has 0 heterocycles. The van der Waals surface area contributed by atoms with Crippen LogP contribution in [0.5, 0.6) is 11.5 Å². The Morgan fingerprint density at radius 3 is 2.20 bits per heavy atom. The molecule has 0 aliphatic carbocycles. The van der Waals surface area contributed by atoms with E-state index in [1.165, 1.54) is 31.1 Å². The summed E-state index contributed by atoms with van der Waals surface area (Å²) in [6.07, 6.45) is -4.07. The van der Waals surface area contributed by atoms with E-state index in [4.69, 9.17) is 9.47 Å². The molecule has 0 saturated heterocycles. The molecule has 2 rings (SSSR count). The smallest absolute Gasteiger partial charge is 0.402 e. The first-order valence-corrected chi connectivity index (χ1v) is 10.2. The van der Waals surface area contributed by atoms with Crippen LogP contribution < -0.4 is 19.5 Å². The molecule has 0 radical (unpaired) electrons. The van der Waals surface area contributed by atoms with Gasteiger partial charge in [0, 0.05) is 12.1 Å². The largest absolute Gasteiger partial charge is 0.493 e. The van der Waals surface area contributed by atoms with Gasteiger partial charge >= 0.3 is 6.18 Å². The predicted molar refractivity (Wildman–Crippen MR) is 104 cm³/mol. The van der Waals surface area contributed by atoms with Crippen molar-refractivity contribution in [3.63, 3.8) is 0 Å². The summed E-state index contributed by atoms with van der Waals surface area (Å²) in [6.45, 7) is -1.66. The Kier molecular flexibility index (Phi) is 7.68. The number of nitrogens with one attached hydrogen (secondary N) is 2. The lowest BCUT2D eigenvalue weighted by Gasteiger charge is -2.11. The number of benzene rings is 2. The maximum atomic E-state index is 12.2. The lowest BCUT2D eigenvalue weighted by Crippen LogP contribution is -2.33. The summed E-state index contributed by atoms with van der Waals surface area (Å²) in [4.78, 5) is 11.8. The summed E-state index contributed by atoms with van der Waals surface area (Å²) in [6, 6.07) is 10.1. The minimum Gasteiger partial charge on any atom is -0.493 e. The second-order valence-electron chi connectivity index (χ2n) is 6.20. The Bertz CT molecular complexity index is 977. The van der Waals surface area contributed by atoms with Gasteiger partial charge in [-0.1, -0.05) is 6.07 Å². The molecule has 0 atom stereocenters. The van der Waals surface area contributed by atoms with Crippen LogP contribution in [0.1, 0.15) is 12.0 Å². The van der Waals surface area contributed by atoms with Crippen molar-refractivity contribution in [3.8, 4) is 11.5 Å². The van der Waals surface area contributed by atoms with Gasteiger partial charge in [-0.15, -0.1) is 0 Å². The van der Waals surface area contributed by atoms with Crippen LogP contribution in [0.4, 0.5) is 18.9 Å². The minimum atomic E-state index is -4.66. The second-order valence-corrected chi connectivity index (χ2v) is 7.97. The van der Waals surface area contributed by atoms with Crippen molar-refractivity contribution < 1.29 is 35.9 Å². The summed E-state index contributed by atoms with van der Waals surface area (Å²) in [7, 11) is -1.27. The quantitative estimate of drug-likeness (QED) is 0.617. The highest BCUT2D eigenvalue weighted by atomic mass is 32.2. The molecule has 2 N–H and O–H groups in total. The maximum Gasteiger partial charge on any atom is 0.402 e. The number of sulfonamides is 1. The molecule has 0 unspecified atom stereocenters. The summed E-state index contributed by atoms with van der Waals surface area (Å²) < 4.78 is 72.1. The number of carbonyl (C=O) groups excluding carboxylic acids is 1. The molecule has 2 aromatic carbocycles. The van der Waals surface area contributed by atoms with Crippen LogP contribution in [0.15, 0.2) is 47.4 Å². The van der Waals surface area contributed by atoms with Crippen LogP contribution in [-0.4, -0.2) is 41.3 Å². The number of aryl methyl sites for hydroxylation is 1. The van der Waals surface area contributed by atoms with E-state index in [2.05, 4.69) is 5.32 Å². The summed E-state index contributed by atoms with van der Waals surface area (Å²) >= 11 is 0. The number of amides is 1. The van der Waals surface area contributed by atoms with Crippen molar-refractivity contribution in [1.29, 1.82) is 0 Å². The molecular formula is C19H21F3N2O5S. The van der Waals surface area contributed by atoms with E-state index in [9.17, 15) is 26.4 Å². The van der Waals surface area contributed by atoms with Crippen molar-refractivity contribution in [2.45, 2.75) is 23.9 Å². The minimum absolute atomic E-state index is 0.155. The monoisotopic (exact) mass is 446 g/mol. The van der Waals surface area contributed by atoms with Crippen LogP contribution in [-0.2, 0) is 21.2 Å². The number of hydrogen-bond donors (Lipinski definition) is 2. The van der Waals surface area contributed by atoms with Crippen LogP contribution in [0.25, 0.3) is 0 Å². The summed E-state index contributed by atoms with van der Waals surface area (Å²) in [5.74, 6) is 0.812. The first kappa shape index (κ1) is 23.5. The van der Waals surface area contributed by atoms with Crippen molar-refractivity contribution in [1.82, 2.24) is 4.72 Å². The molecule has 164 valence electrons. The fourth-order valence-corrected chi connectivity index (χ4v) is 3.51. The zero-order chi connectivity index (χ0) is 22.4. The van der Waals surface area contributed by atoms with E-state index in [-0.39, 0.29) is 17.2 Å². The fourth-order valence-electron chi connectivity index (χ4n) is 2.50. The number of carbonyl (C=O) groups is 1. The average Bonchev–Trinajstić information content (AvgIpc) is 2.70. The van der Waals surface area contributed by atoms with E-state index in [0.29, 0.717) is 23.6 Å². The van der Waals surface area contributed by atoms with E-state index >= 15 is 0 Å². The normalized spacial score (nSPS) is 11.8. The van der Waals surface area contributed by atoms with Gasteiger partial charge in [0.05, 0.1) is 19.1 Å². The van der Waals surface area contributed by atoms with E-state index in [1.807, 2.05) is 6.07 Å². The van der Waals surface area contributed by atoms with Crippen LogP contribution in [0.3, 0.4) is 0 Å². The molecule has 0 spiro atoms. The van der Waals surface area contributed by atoms with E-state index in [1.54, 1.807) is 12.1 Å². The number of anilines is 1. The molecule has 2 aromatic rings. The zero-order valence-electron chi connectivity index (χ0n) is 16.2. The molecule has 7 nitrogen and oxygen atoms in total. The van der Waals surface area contributed by atoms with Crippen LogP contribution in [0, 0.1) is 0 Å². The molecule has 0 saturated carbocycles. The third-order valence-corrected chi connectivity index (χ3v) is 5.42. The number of alkyl halides is 3. The third-order valence-electron chi connectivity index (χ3n) is 4.00. The summed E-state index contributed by atoms with van der Waals surface area (Å²) in [5.41, 5.74) is 1.18. The molecular weight excluding hydrogens is 425 g/mol. The van der Waals surface area contributed by atoms with E-state index in [0.717, 1.165) is 17.7 Å². The Hall–Kier alpha value is -2.79. The first-order valence-electron chi connectivity index (χ1n) is 8.71. The number of rotatable bonds is 9. The van der Waals surface area contributed by atoms with Crippen molar-refractivity contribution >= 4 is 21.6 Å². The highest BCUT2D eigenvalue weighted by Gasteiger charge is 2.30. The third kappa shape index (κ3) is 6.92. The molecule has 1 amide bonds. The van der Waals surface area contributed by atoms with E-state index < -0.39 is 22.7 Å². The fraction of sp³-hybridized carbons (Fsp3) is 0.316. The van der Waals surface area contributed by atoms with Gasteiger partial charge in [-0.3, -0.25) is 4.79 Å². The van der Waals surface area contributed by atoms with Gasteiger partial charge in [-0.25, -0.2) is 13.1 Å². The molecule has 30 heavy (non-hydrogen) atoms. The standard InChI is InChI=1S/C19H21F3N2O5S/c1-28-16-9-3-13(11-17(16)29-2)4-10-18(25)24-14-5-7-15(8-6-14)30(26,27)23-12-19(20,21)22/h3,5-9,11,23H,4,10,12H2,1-2H3,(H,24,25). The Balaban J connectivity index is 1.93. The second kappa shape index (κ2) is 9.81. The Morgan fingerprint density at radius 1 is 1.00 bits per heavy atom. The van der Waals surface area contributed by atoms with Crippen molar-refractivity contribution in [3.05, 3.63) is 48.0 Å². The number of ether oxygens (including phenoxy) is 2. The van der Waals surface area contributed by atoms with Gasteiger partial charge in [0.2, 0.25) is 15.9 Å². The molecule has 11 heteroatoms. The molecule has 0 aliphatic rings. The Morgan fingerprint density at radius 2 is 1.63 bits per heavy atom. The van der Waals surface area contributed by atoms with Crippen LogP contribution in [0.2, 0.25) is 0 Å². The summed E-state index contributed by atoms with van der Waals surface area (Å²) in [5, 5.41) is 2.61. The SMILES string of the molecule is COc1ccc(CCC(=O)Nc2ccc(S(=O)(=O)NCC(F)(F)F)cc2)cc1OC. The number of halogens is 3. The highest BCUT2D eigenvalue weighted by molar-refractivity contribution is 7.89. The number of methoxy groups -OCH3 is 2. The van der Waals surface area contributed by atoms with Gasteiger partial charge in [-0.05, 0) is 48.4 Å². The predicted octanol–water partition coefficient (Wildman–Crippen LogP) is 3.12. The molecule has 0 aliphatic heterocycles. The van der Waals surface area contributed by atoms with Gasteiger partial charge in [0.25, 0.3) is 0 Å².